The van der Waals surface area contributed by atoms with Crippen LogP contribution in [0.4, 0.5) is 0 Å². The van der Waals surface area contributed by atoms with E-state index in [4.69, 9.17) is 33.8 Å². The zero-order chi connectivity index (χ0) is 106. The molecule has 4 nitrogen and oxygen atoms in total. The highest BCUT2D eigenvalue weighted by Crippen LogP contribution is 2.55. The average Bonchev–Trinajstić information content (AvgIpc) is 0.853. The number of benzene rings is 25. The Labute approximate surface area is 834 Å². The summed E-state index contributed by atoms with van der Waals surface area (Å²) in [6, 6.07) is 136. The maximum absolute atomic E-state index is 8.95. The lowest BCUT2D eigenvalue weighted by molar-refractivity contribution is 0.668. The molecule has 0 atom stereocenters. The van der Waals surface area contributed by atoms with E-state index >= 15 is 0 Å². The van der Waals surface area contributed by atoms with Gasteiger partial charge in [0.05, 0.1) is 20.6 Å². The van der Waals surface area contributed by atoms with Gasteiger partial charge in [0.15, 0.2) is 0 Å². The van der Waals surface area contributed by atoms with Gasteiger partial charge in [-0.05, 0) is 263 Å². The van der Waals surface area contributed by atoms with E-state index < -0.39 is 18.1 Å². The Morgan fingerprint density at radius 1 is 0.149 bits per heavy atom. The minimum absolute atomic E-state index is 0.198. The number of hydrogen-bond acceptors (Lipinski definition) is 4. The standard InChI is InChI=1S/C48H30O.C47H29NO.C42H26O/c1-3-15-31(16-4-1)45-36-21-9-11-23-38(36)47(39-24-12-10-22-37(39)45)41-28-27-35(33-19-7-8-20-34(33)41)40-29-30-44-48(42-25-13-14-26-43(42)49-44)46(40)32-17-5-2-6-18-32;1-2-13-30(14-3-1)44-35-18-6-8-20-37(35)45(38-21-9-7-19-36(38)44)39-24-25-40(34-17-5-4-16-33(34)39)46-32(31-15-12-28-48-29-31)26-27-43-47(46)41-22-10-11-23-42(41)49-43;1-2-12-27(13-3-1)41-33-17-6-8-19-35(33)42(36-20-9-7-18-34(36)41)37-24-23-29(30-14-4-5-15-31(30)37)28-22-25-40-38(26-28)32-16-10-11-21-39(32)43-40/h1-30H;1-29H;1-26H/i1D,3D,4D,15D,16D;1D,2D,3D,13D,14D;1D,2D,3D,12D,13D. The van der Waals surface area contributed by atoms with Crippen molar-refractivity contribution in [1.29, 1.82) is 0 Å². The van der Waals surface area contributed by atoms with Gasteiger partial charge in [0.1, 0.15) is 33.5 Å². The Hall–Kier alpha value is -18.6. The van der Waals surface area contributed by atoms with Crippen LogP contribution in [-0.4, -0.2) is 4.98 Å². The summed E-state index contributed by atoms with van der Waals surface area (Å²) in [7, 11) is 0. The molecular formula is C137H85NO3. The van der Waals surface area contributed by atoms with Crippen LogP contribution in [0.25, 0.3) is 285 Å². The first-order valence-corrected chi connectivity index (χ1v) is 47.1. The third-order valence-electron chi connectivity index (χ3n) is 28.0. The first kappa shape index (κ1) is 67.6. The third-order valence-corrected chi connectivity index (χ3v) is 28.0. The Kier molecular flexibility index (Phi) is 16.4. The molecule has 0 aliphatic heterocycles. The van der Waals surface area contributed by atoms with Gasteiger partial charge in [-0.3, -0.25) is 4.98 Å². The van der Waals surface area contributed by atoms with Gasteiger partial charge in [0.25, 0.3) is 0 Å². The molecule has 0 fully saturated rings. The number of rotatable bonds is 11. The van der Waals surface area contributed by atoms with Crippen LogP contribution in [0, 0.1) is 0 Å². The lowest BCUT2D eigenvalue weighted by atomic mass is 9.83. The fourth-order valence-corrected chi connectivity index (χ4v) is 22.1. The number of aromatic nitrogens is 1. The van der Waals surface area contributed by atoms with Crippen LogP contribution >= 0.6 is 0 Å². The number of fused-ring (bicyclic) bond motifs is 18. The van der Waals surface area contributed by atoms with Crippen molar-refractivity contribution in [3.05, 3.63) is 516 Å². The van der Waals surface area contributed by atoms with Gasteiger partial charge in [-0.15, -0.1) is 0 Å². The quantitative estimate of drug-likeness (QED) is 0.121. The van der Waals surface area contributed by atoms with Crippen molar-refractivity contribution < 1.29 is 33.8 Å². The summed E-state index contributed by atoms with van der Waals surface area (Å²) in [4.78, 5) is 4.48. The van der Waals surface area contributed by atoms with Crippen LogP contribution in [0.3, 0.4) is 0 Å². The van der Waals surface area contributed by atoms with Crippen LogP contribution in [0.1, 0.15) is 20.6 Å². The Morgan fingerprint density at radius 2 is 0.418 bits per heavy atom. The molecule has 0 amide bonds. The average molecular weight is 1810 g/mol. The highest BCUT2D eigenvalue weighted by Gasteiger charge is 2.28. The Morgan fingerprint density at radius 3 is 0.809 bits per heavy atom. The third kappa shape index (κ3) is 13.7. The largest absolute Gasteiger partial charge is 0.456 e. The smallest absolute Gasteiger partial charge is 0.136 e. The molecule has 0 aliphatic carbocycles. The van der Waals surface area contributed by atoms with E-state index in [9.17, 15) is 0 Å². The summed E-state index contributed by atoms with van der Waals surface area (Å²) in [5.74, 6) is 0. The highest BCUT2D eigenvalue weighted by atomic mass is 16.3. The van der Waals surface area contributed by atoms with Crippen molar-refractivity contribution in [2.45, 2.75) is 0 Å². The minimum atomic E-state index is -0.406. The van der Waals surface area contributed by atoms with Crippen molar-refractivity contribution in [2.24, 2.45) is 0 Å². The summed E-state index contributed by atoms with van der Waals surface area (Å²) < 4.78 is 148. The number of nitrogens with zero attached hydrogens (tertiary/aromatic N) is 1. The van der Waals surface area contributed by atoms with Crippen molar-refractivity contribution in [3.63, 3.8) is 0 Å². The second-order valence-electron chi connectivity index (χ2n) is 35.5. The molecule has 141 heavy (non-hydrogen) atoms. The number of hydrogen-bond donors (Lipinski definition) is 0. The SMILES string of the molecule is [2H]c1c([2H])c([2H])c(-c2c3ccccc3c(-c3ccc(-c4c(-c5cccnc5)ccc5oc6ccccc6c45)c4ccccc34)c3ccccc23)c([2H])c1[2H].[2H]c1c([2H])c([2H])c(-c2c3ccccc3c(-c3ccc(-c4ccc5oc6ccccc6c5c4)c4ccccc34)c3ccccc23)c([2H])c1[2H].[2H]c1c([2H])c([2H])c(-c2c3ccccc3c(-c3ccc(-c4ccc5oc6ccccc6c5c4-c4ccccc4)c4ccccc34)c3ccccc23)c([2H])c1[2H]. The fourth-order valence-electron chi connectivity index (χ4n) is 22.1. The van der Waals surface area contributed by atoms with Gasteiger partial charge in [-0.2, -0.15) is 0 Å². The number of para-hydroxylation sites is 3. The van der Waals surface area contributed by atoms with E-state index in [1.807, 2.05) is 188 Å². The first-order chi connectivity index (χ1) is 76.3. The van der Waals surface area contributed by atoms with Gasteiger partial charge in [0, 0.05) is 61.4 Å². The van der Waals surface area contributed by atoms with E-state index in [0.29, 0.717) is 16.7 Å². The molecule has 0 aliphatic rings. The van der Waals surface area contributed by atoms with E-state index in [1.54, 1.807) is 6.20 Å². The monoisotopic (exact) mass is 1810 g/mol. The van der Waals surface area contributed by atoms with E-state index in [1.165, 1.54) is 0 Å². The van der Waals surface area contributed by atoms with Gasteiger partial charge in [-0.25, -0.2) is 0 Å². The summed E-state index contributed by atoms with van der Waals surface area (Å²) in [5.41, 5.74) is 24.7. The molecule has 4 heteroatoms. The van der Waals surface area contributed by atoms with Crippen LogP contribution in [0.15, 0.2) is 529 Å². The zero-order valence-corrected chi connectivity index (χ0v) is 75.6. The van der Waals surface area contributed by atoms with Crippen molar-refractivity contribution in [1.82, 2.24) is 4.98 Å². The topological polar surface area (TPSA) is 52.3 Å². The molecule has 29 aromatic rings. The molecule has 0 N–H and O–H groups in total. The molecule has 25 aromatic carbocycles. The van der Waals surface area contributed by atoms with Crippen molar-refractivity contribution in [3.8, 4) is 122 Å². The molecule has 0 radical (unpaired) electrons. The molecule has 0 spiro atoms. The van der Waals surface area contributed by atoms with E-state index in [2.05, 4.69) is 236 Å². The molecular weight excluding hydrogens is 1710 g/mol. The Balaban J connectivity index is 0.000000114. The van der Waals surface area contributed by atoms with E-state index in [-0.39, 0.29) is 89.2 Å². The Bertz CT molecular complexity index is 10800. The van der Waals surface area contributed by atoms with Gasteiger partial charge in [0.2, 0.25) is 0 Å². The van der Waals surface area contributed by atoms with Gasteiger partial charge < -0.3 is 13.3 Å². The van der Waals surface area contributed by atoms with Crippen LogP contribution in [0.2, 0.25) is 0 Å². The summed E-state index contributed by atoms with van der Waals surface area (Å²) in [6.07, 6.45) is 3.69. The van der Waals surface area contributed by atoms with Gasteiger partial charge in [-0.1, -0.05) is 442 Å². The van der Waals surface area contributed by atoms with Crippen LogP contribution < -0.4 is 0 Å². The summed E-state index contributed by atoms with van der Waals surface area (Å²) in [5, 5.41) is 23.5. The molecule has 4 aromatic heterocycles. The lowest BCUT2D eigenvalue weighted by Crippen LogP contribution is -1.93. The molecule has 29 rings (SSSR count). The summed E-state index contributed by atoms with van der Waals surface area (Å²) in [6.45, 7) is 0. The normalized spacial score (nSPS) is 13.2. The second-order valence-corrected chi connectivity index (χ2v) is 35.5. The molecule has 0 saturated carbocycles. The molecule has 656 valence electrons. The summed E-state index contributed by atoms with van der Waals surface area (Å²) >= 11 is 0. The minimum Gasteiger partial charge on any atom is -0.456 e. The van der Waals surface area contributed by atoms with Gasteiger partial charge >= 0.3 is 0 Å². The molecule has 4 heterocycles. The maximum atomic E-state index is 8.95. The van der Waals surface area contributed by atoms with Crippen LogP contribution in [0.5, 0.6) is 0 Å². The van der Waals surface area contributed by atoms with E-state index in [0.717, 1.165) is 252 Å². The molecule has 0 bridgehead atoms. The number of pyridine rings is 1. The molecule has 0 saturated heterocycles. The maximum Gasteiger partial charge on any atom is 0.136 e. The second kappa shape index (κ2) is 34.3. The van der Waals surface area contributed by atoms with Crippen molar-refractivity contribution >= 4 is 163 Å². The predicted molar refractivity (Wildman–Crippen MR) is 596 cm³/mol. The lowest BCUT2D eigenvalue weighted by Gasteiger charge is -2.20. The van der Waals surface area contributed by atoms with Crippen molar-refractivity contribution in [2.75, 3.05) is 0 Å². The van der Waals surface area contributed by atoms with Crippen LogP contribution in [-0.2, 0) is 0 Å². The fraction of sp³-hybridized carbons (Fsp3) is 0. The zero-order valence-electron chi connectivity index (χ0n) is 90.6. The number of furan rings is 3. The predicted octanol–water partition coefficient (Wildman–Crippen LogP) is 38.9. The highest BCUT2D eigenvalue weighted by molar-refractivity contribution is 6.30. The first-order valence-electron chi connectivity index (χ1n) is 54.6. The molecule has 0 unspecified atom stereocenters.